The van der Waals surface area contributed by atoms with E-state index >= 15 is 0 Å². The van der Waals surface area contributed by atoms with Crippen LogP contribution < -0.4 is 0 Å². The van der Waals surface area contributed by atoms with Crippen molar-refractivity contribution < 1.29 is 4.79 Å². The van der Waals surface area contributed by atoms with Gasteiger partial charge in [0.1, 0.15) is 6.33 Å². The number of nitrogens with zero attached hydrogens (tertiary/aromatic N) is 3. The highest BCUT2D eigenvalue weighted by Crippen LogP contribution is 2.24. The third-order valence-corrected chi connectivity index (χ3v) is 4.54. The third-order valence-electron chi connectivity index (χ3n) is 4.54. The quantitative estimate of drug-likeness (QED) is 0.852. The topological polar surface area (TPSA) is 46.1 Å². The lowest BCUT2D eigenvalue weighted by molar-refractivity contribution is -0.133. The highest BCUT2D eigenvalue weighted by Gasteiger charge is 2.24. The Morgan fingerprint density at radius 3 is 2.48 bits per heavy atom. The Labute approximate surface area is 140 Å². The van der Waals surface area contributed by atoms with Gasteiger partial charge in [0.2, 0.25) is 5.91 Å². The summed E-state index contributed by atoms with van der Waals surface area (Å²) in [5.74, 6) is 1.38. The molecule has 4 heteroatoms. The Kier molecular flexibility index (Phi) is 5.77. The minimum atomic E-state index is 0.0598. The van der Waals surface area contributed by atoms with Gasteiger partial charge in [0.15, 0.2) is 0 Å². The normalized spacial score (nSPS) is 16.9. The lowest BCUT2D eigenvalue weighted by Crippen LogP contribution is -2.39. The lowest BCUT2D eigenvalue weighted by atomic mass is 9.88. The summed E-state index contributed by atoms with van der Waals surface area (Å²) in [6.07, 6.45) is 5.53. The molecule has 0 unspecified atom stereocenters. The summed E-state index contributed by atoms with van der Waals surface area (Å²) < 4.78 is 0. The van der Waals surface area contributed by atoms with Crippen molar-refractivity contribution in [2.75, 3.05) is 13.1 Å². The number of carbonyl (C=O) groups excluding carboxylic acids is 1. The molecule has 1 amide bonds. The van der Waals surface area contributed by atoms with Crippen LogP contribution in [0.2, 0.25) is 0 Å². The van der Waals surface area contributed by atoms with E-state index in [1.807, 2.05) is 4.90 Å². The van der Waals surface area contributed by atoms with E-state index in [0.29, 0.717) is 24.2 Å². The summed E-state index contributed by atoms with van der Waals surface area (Å²) in [6, 6.07) is 2.15. The summed E-state index contributed by atoms with van der Waals surface area (Å²) in [5, 5.41) is 0. The molecular weight excluding hydrogens is 286 g/mol. The Morgan fingerprint density at radius 1 is 1.26 bits per heavy atom. The summed E-state index contributed by atoms with van der Waals surface area (Å²) in [7, 11) is 0. The van der Waals surface area contributed by atoms with Gasteiger partial charge in [-0.1, -0.05) is 34.6 Å². The molecule has 1 aromatic rings. The van der Waals surface area contributed by atoms with Crippen molar-refractivity contribution in [3.63, 3.8) is 0 Å². The molecular formula is C19H31N3O. The first-order chi connectivity index (χ1) is 10.8. The summed E-state index contributed by atoms with van der Waals surface area (Å²) in [5.41, 5.74) is 2.30. The SMILES string of the molecule is CC(C)CC(=O)N1CCC(Cc2cc(C(C)(C)C)ncn2)CC1. The van der Waals surface area contributed by atoms with E-state index in [4.69, 9.17) is 0 Å². The van der Waals surface area contributed by atoms with Gasteiger partial charge in [0, 0.05) is 36.3 Å². The molecule has 0 atom stereocenters. The van der Waals surface area contributed by atoms with Gasteiger partial charge in [-0.15, -0.1) is 0 Å². The van der Waals surface area contributed by atoms with Gasteiger partial charge in [-0.3, -0.25) is 4.79 Å². The van der Waals surface area contributed by atoms with Gasteiger partial charge in [-0.05, 0) is 37.2 Å². The zero-order valence-electron chi connectivity index (χ0n) is 15.3. The Hall–Kier alpha value is -1.45. The third kappa shape index (κ3) is 5.29. The average Bonchev–Trinajstić information content (AvgIpc) is 2.46. The van der Waals surface area contributed by atoms with Crippen molar-refractivity contribution >= 4 is 5.91 Å². The number of hydrogen-bond donors (Lipinski definition) is 0. The van der Waals surface area contributed by atoms with Gasteiger partial charge < -0.3 is 4.90 Å². The highest BCUT2D eigenvalue weighted by atomic mass is 16.2. The molecule has 4 nitrogen and oxygen atoms in total. The maximum absolute atomic E-state index is 12.1. The number of amides is 1. The molecule has 1 aliphatic rings. The second kappa shape index (κ2) is 7.41. The van der Waals surface area contributed by atoms with Crippen LogP contribution in [0.1, 0.15) is 65.3 Å². The molecule has 0 radical (unpaired) electrons. The van der Waals surface area contributed by atoms with Crippen LogP contribution in [0.5, 0.6) is 0 Å². The van der Waals surface area contributed by atoms with Crippen LogP contribution in [-0.2, 0) is 16.6 Å². The molecule has 23 heavy (non-hydrogen) atoms. The fraction of sp³-hybridized carbons (Fsp3) is 0.737. The van der Waals surface area contributed by atoms with Crippen molar-refractivity contribution in [1.29, 1.82) is 0 Å². The number of carbonyl (C=O) groups is 1. The zero-order chi connectivity index (χ0) is 17.0. The zero-order valence-corrected chi connectivity index (χ0v) is 15.3. The maximum atomic E-state index is 12.1. The highest BCUT2D eigenvalue weighted by molar-refractivity contribution is 5.76. The van der Waals surface area contributed by atoms with Crippen molar-refractivity contribution in [3.05, 3.63) is 23.8 Å². The molecule has 0 aliphatic carbocycles. The van der Waals surface area contributed by atoms with Gasteiger partial charge in [-0.2, -0.15) is 0 Å². The van der Waals surface area contributed by atoms with E-state index in [2.05, 4.69) is 50.7 Å². The molecule has 0 spiro atoms. The molecule has 0 bridgehead atoms. The van der Waals surface area contributed by atoms with Crippen molar-refractivity contribution in [1.82, 2.24) is 14.9 Å². The number of rotatable bonds is 4. The van der Waals surface area contributed by atoms with E-state index < -0.39 is 0 Å². The first-order valence-electron chi connectivity index (χ1n) is 8.85. The first kappa shape index (κ1) is 17.9. The van der Waals surface area contributed by atoms with Gasteiger partial charge in [-0.25, -0.2) is 9.97 Å². The van der Waals surface area contributed by atoms with E-state index in [1.54, 1.807) is 6.33 Å². The number of piperidine rings is 1. The molecule has 128 valence electrons. The van der Waals surface area contributed by atoms with Crippen molar-refractivity contribution in [2.24, 2.45) is 11.8 Å². The van der Waals surface area contributed by atoms with E-state index in [1.165, 1.54) is 0 Å². The standard InChI is InChI=1S/C19H31N3O/c1-14(2)10-18(23)22-8-6-15(7-9-22)11-16-12-17(19(3,4)5)21-13-20-16/h12-15H,6-11H2,1-5H3. The van der Waals surface area contributed by atoms with Crippen LogP contribution in [0.15, 0.2) is 12.4 Å². The number of likely N-dealkylation sites (tertiary alicyclic amines) is 1. The van der Waals surface area contributed by atoms with Crippen LogP contribution >= 0.6 is 0 Å². The second-order valence-electron chi connectivity index (χ2n) is 8.27. The Balaban J connectivity index is 1.88. The second-order valence-corrected chi connectivity index (χ2v) is 8.27. The Morgan fingerprint density at radius 2 is 1.91 bits per heavy atom. The van der Waals surface area contributed by atoms with Crippen LogP contribution in [-0.4, -0.2) is 33.9 Å². The fourth-order valence-electron chi connectivity index (χ4n) is 3.08. The van der Waals surface area contributed by atoms with Gasteiger partial charge >= 0.3 is 0 Å². The summed E-state index contributed by atoms with van der Waals surface area (Å²) in [6.45, 7) is 12.5. The molecule has 1 saturated heterocycles. The average molecular weight is 317 g/mol. The van der Waals surface area contributed by atoms with E-state index in [9.17, 15) is 4.79 Å². The van der Waals surface area contributed by atoms with Crippen molar-refractivity contribution in [2.45, 2.75) is 65.7 Å². The van der Waals surface area contributed by atoms with Crippen LogP contribution in [0, 0.1) is 11.8 Å². The molecule has 0 aromatic carbocycles. The molecule has 1 aliphatic heterocycles. The fourth-order valence-corrected chi connectivity index (χ4v) is 3.08. The van der Waals surface area contributed by atoms with Crippen molar-refractivity contribution in [3.8, 4) is 0 Å². The molecule has 0 saturated carbocycles. The molecule has 1 aromatic heterocycles. The van der Waals surface area contributed by atoms with Crippen LogP contribution in [0.3, 0.4) is 0 Å². The summed E-state index contributed by atoms with van der Waals surface area (Å²) >= 11 is 0. The maximum Gasteiger partial charge on any atom is 0.222 e. The van der Waals surface area contributed by atoms with Crippen LogP contribution in [0.25, 0.3) is 0 Å². The predicted molar refractivity (Wildman–Crippen MR) is 93.2 cm³/mol. The minimum absolute atomic E-state index is 0.0598. The first-order valence-corrected chi connectivity index (χ1v) is 8.85. The Bertz CT molecular complexity index is 526. The van der Waals surface area contributed by atoms with E-state index in [-0.39, 0.29) is 5.41 Å². The smallest absolute Gasteiger partial charge is 0.222 e. The monoisotopic (exact) mass is 317 g/mol. The van der Waals surface area contributed by atoms with Gasteiger partial charge in [0.05, 0.1) is 0 Å². The number of aromatic nitrogens is 2. The molecule has 2 heterocycles. The van der Waals surface area contributed by atoms with Crippen LogP contribution in [0.4, 0.5) is 0 Å². The molecule has 1 fully saturated rings. The predicted octanol–water partition coefficient (Wildman–Crippen LogP) is 3.60. The van der Waals surface area contributed by atoms with Gasteiger partial charge in [0.25, 0.3) is 0 Å². The largest absolute Gasteiger partial charge is 0.343 e. The summed E-state index contributed by atoms with van der Waals surface area (Å²) in [4.78, 5) is 23.0. The molecule has 2 rings (SSSR count). The number of hydrogen-bond acceptors (Lipinski definition) is 3. The minimum Gasteiger partial charge on any atom is -0.343 e. The molecule has 0 N–H and O–H groups in total. The lowest BCUT2D eigenvalue weighted by Gasteiger charge is -2.32. The van der Waals surface area contributed by atoms with E-state index in [0.717, 1.165) is 43.7 Å².